The highest BCUT2D eigenvalue weighted by Gasteiger charge is 2.18. The van der Waals surface area contributed by atoms with E-state index < -0.39 is 0 Å². The van der Waals surface area contributed by atoms with Crippen molar-refractivity contribution in [3.63, 3.8) is 0 Å². The molecule has 2 aromatic carbocycles. The first-order valence-corrected chi connectivity index (χ1v) is 9.24. The van der Waals surface area contributed by atoms with Gasteiger partial charge in [-0.3, -0.25) is 4.79 Å². The Balaban J connectivity index is 2.05. The predicted molar refractivity (Wildman–Crippen MR) is 92.6 cm³/mol. The molecule has 0 saturated heterocycles. The number of Topliss-reactive ketones (excluding diaryl/α,β-unsaturated/α-hetero) is 1. The molecule has 0 aliphatic rings. The van der Waals surface area contributed by atoms with E-state index in [4.69, 9.17) is 11.6 Å². The highest BCUT2D eigenvalue weighted by atomic mass is 79.9. The van der Waals surface area contributed by atoms with Crippen LogP contribution in [0.15, 0.2) is 58.3 Å². The van der Waals surface area contributed by atoms with Gasteiger partial charge in [-0.15, -0.1) is 23.5 Å². The Bertz CT molecular complexity index is 584. The first-order valence-electron chi connectivity index (χ1n) is 5.84. The van der Waals surface area contributed by atoms with E-state index >= 15 is 0 Å². The zero-order valence-electron chi connectivity index (χ0n) is 10.7. The number of carbonyl (C=O) groups excluding carboxylic acids is 1. The van der Waals surface area contributed by atoms with Gasteiger partial charge in [-0.2, -0.15) is 0 Å². The molecule has 5 heteroatoms. The van der Waals surface area contributed by atoms with Gasteiger partial charge in [0.15, 0.2) is 5.78 Å². The van der Waals surface area contributed by atoms with Crippen LogP contribution in [0.25, 0.3) is 0 Å². The first kappa shape index (κ1) is 16.0. The molecule has 0 aliphatic heterocycles. The summed E-state index contributed by atoms with van der Waals surface area (Å²) in [5.74, 6) is 0.0672. The highest BCUT2D eigenvalue weighted by Crippen LogP contribution is 2.31. The molecule has 0 spiro atoms. The molecule has 1 atom stereocenters. The molecule has 0 amide bonds. The molecular formula is C15H12BrClOS2. The van der Waals surface area contributed by atoms with Crippen LogP contribution >= 0.6 is 51.1 Å². The number of alkyl halides is 1. The van der Waals surface area contributed by atoms with Crippen molar-refractivity contribution >= 4 is 56.8 Å². The number of hydrogen-bond donors (Lipinski definition) is 0. The van der Waals surface area contributed by atoms with Gasteiger partial charge in [0, 0.05) is 20.4 Å². The molecular weight excluding hydrogens is 376 g/mol. The number of hydrogen-bond acceptors (Lipinski definition) is 3. The van der Waals surface area contributed by atoms with E-state index in [0.29, 0.717) is 10.6 Å². The van der Waals surface area contributed by atoms with E-state index in [0.717, 1.165) is 9.79 Å². The molecule has 2 aromatic rings. The van der Waals surface area contributed by atoms with E-state index in [9.17, 15) is 4.79 Å². The second-order valence-corrected chi connectivity index (χ2v) is 8.00. The SMILES string of the molecule is CSc1ccc(C(=O)[C@@H](Br)Sc2ccc(Cl)cc2)cc1. The van der Waals surface area contributed by atoms with Crippen LogP contribution in [0.2, 0.25) is 5.02 Å². The number of benzene rings is 2. The zero-order valence-corrected chi connectivity index (χ0v) is 14.7. The van der Waals surface area contributed by atoms with Crippen molar-refractivity contribution < 1.29 is 4.79 Å². The second-order valence-electron chi connectivity index (χ2n) is 3.98. The highest BCUT2D eigenvalue weighted by molar-refractivity contribution is 9.11. The maximum atomic E-state index is 12.3. The van der Waals surface area contributed by atoms with Gasteiger partial charge in [0.25, 0.3) is 0 Å². The quantitative estimate of drug-likeness (QED) is 0.369. The number of carbonyl (C=O) groups is 1. The molecule has 2 rings (SSSR count). The third-order valence-corrected chi connectivity index (χ3v) is 5.57. The molecule has 0 unspecified atom stereocenters. The standard InChI is InChI=1S/C15H12BrClOS2/c1-19-12-6-2-10(3-7-12)14(18)15(16)20-13-8-4-11(17)5-9-13/h2-9,15H,1H3/t15-/m0/s1. The molecule has 0 fully saturated rings. The monoisotopic (exact) mass is 386 g/mol. The summed E-state index contributed by atoms with van der Waals surface area (Å²) in [5.41, 5.74) is 0.714. The van der Waals surface area contributed by atoms with E-state index in [2.05, 4.69) is 15.9 Å². The largest absolute Gasteiger partial charge is 0.292 e. The number of rotatable bonds is 5. The van der Waals surface area contributed by atoms with Gasteiger partial charge in [-0.1, -0.05) is 39.7 Å². The van der Waals surface area contributed by atoms with Crippen LogP contribution < -0.4 is 0 Å². The predicted octanol–water partition coefficient (Wildman–Crippen LogP) is 5.76. The lowest BCUT2D eigenvalue weighted by atomic mass is 10.1. The average Bonchev–Trinajstić information content (AvgIpc) is 2.49. The lowest BCUT2D eigenvalue weighted by Gasteiger charge is -2.09. The maximum Gasteiger partial charge on any atom is 0.186 e. The molecule has 0 aromatic heterocycles. The lowest BCUT2D eigenvalue weighted by Crippen LogP contribution is -2.10. The van der Waals surface area contributed by atoms with Gasteiger partial charge in [0.1, 0.15) is 4.16 Å². The summed E-state index contributed by atoms with van der Waals surface area (Å²) in [5, 5.41) is 0.694. The molecule has 1 nitrogen and oxygen atoms in total. The summed E-state index contributed by atoms with van der Waals surface area (Å²) in [6, 6.07) is 15.1. The summed E-state index contributed by atoms with van der Waals surface area (Å²) in [6.45, 7) is 0. The topological polar surface area (TPSA) is 17.1 Å². The van der Waals surface area contributed by atoms with Crippen molar-refractivity contribution in [3.8, 4) is 0 Å². The molecule has 0 aliphatic carbocycles. The third kappa shape index (κ3) is 4.29. The third-order valence-electron chi connectivity index (χ3n) is 2.63. The van der Waals surface area contributed by atoms with E-state index in [1.54, 1.807) is 11.8 Å². The van der Waals surface area contributed by atoms with Gasteiger partial charge >= 0.3 is 0 Å². The summed E-state index contributed by atoms with van der Waals surface area (Å²) in [4.78, 5) is 14.5. The van der Waals surface area contributed by atoms with Crippen molar-refractivity contribution in [2.45, 2.75) is 14.0 Å². The summed E-state index contributed by atoms with van der Waals surface area (Å²) < 4.78 is -0.302. The van der Waals surface area contributed by atoms with Crippen LogP contribution in [-0.4, -0.2) is 16.2 Å². The number of halogens is 2. The lowest BCUT2D eigenvalue weighted by molar-refractivity contribution is 0.101. The van der Waals surface area contributed by atoms with Crippen molar-refractivity contribution in [3.05, 3.63) is 59.1 Å². The van der Waals surface area contributed by atoms with Crippen molar-refractivity contribution in [1.82, 2.24) is 0 Å². The fraction of sp³-hybridized carbons (Fsp3) is 0.133. The molecule has 0 heterocycles. The Morgan fingerprint density at radius 3 is 2.15 bits per heavy atom. The number of ketones is 1. The molecule has 0 saturated carbocycles. The molecule has 0 N–H and O–H groups in total. The number of thioether (sulfide) groups is 2. The first-order chi connectivity index (χ1) is 9.60. The van der Waals surface area contributed by atoms with E-state index in [1.807, 2.05) is 54.8 Å². The van der Waals surface area contributed by atoms with Gasteiger partial charge < -0.3 is 0 Å². The Morgan fingerprint density at radius 2 is 1.60 bits per heavy atom. The van der Waals surface area contributed by atoms with Crippen molar-refractivity contribution in [2.75, 3.05) is 6.26 Å². The fourth-order valence-electron chi connectivity index (χ4n) is 1.57. The minimum absolute atomic E-state index is 0.0672. The van der Waals surface area contributed by atoms with E-state index in [-0.39, 0.29) is 9.94 Å². The molecule has 0 radical (unpaired) electrons. The Morgan fingerprint density at radius 1 is 1.05 bits per heavy atom. The minimum Gasteiger partial charge on any atom is -0.292 e. The zero-order chi connectivity index (χ0) is 14.5. The normalized spacial score (nSPS) is 12.2. The smallest absolute Gasteiger partial charge is 0.186 e. The van der Waals surface area contributed by atoms with Crippen LogP contribution in [0, 0.1) is 0 Å². The van der Waals surface area contributed by atoms with Gasteiger partial charge in [0.05, 0.1) is 0 Å². The summed E-state index contributed by atoms with van der Waals surface area (Å²) in [6.07, 6.45) is 2.01. The van der Waals surface area contributed by atoms with Gasteiger partial charge in [-0.05, 0) is 42.7 Å². The van der Waals surface area contributed by atoms with Crippen molar-refractivity contribution in [1.29, 1.82) is 0 Å². The van der Waals surface area contributed by atoms with Crippen LogP contribution in [0.5, 0.6) is 0 Å². The maximum absolute atomic E-state index is 12.3. The fourth-order valence-corrected chi connectivity index (χ4v) is 3.79. The van der Waals surface area contributed by atoms with Gasteiger partial charge in [-0.25, -0.2) is 0 Å². The van der Waals surface area contributed by atoms with Gasteiger partial charge in [0.2, 0.25) is 0 Å². The van der Waals surface area contributed by atoms with Crippen LogP contribution in [-0.2, 0) is 0 Å². The second kappa shape index (κ2) is 7.55. The average molecular weight is 388 g/mol. The Labute approximate surface area is 140 Å². The van der Waals surface area contributed by atoms with Crippen LogP contribution in [0.1, 0.15) is 10.4 Å². The van der Waals surface area contributed by atoms with Crippen LogP contribution in [0.3, 0.4) is 0 Å². The van der Waals surface area contributed by atoms with E-state index in [1.165, 1.54) is 11.8 Å². The Hall–Kier alpha value is -0.420. The Kier molecular flexibility index (Phi) is 6.02. The summed E-state index contributed by atoms with van der Waals surface area (Å²) >= 11 is 12.4. The molecule has 0 bridgehead atoms. The molecule has 104 valence electrons. The summed E-state index contributed by atoms with van der Waals surface area (Å²) in [7, 11) is 0. The molecule has 20 heavy (non-hydrogen) atoms. The van der Waals surface area contributed by atoms with Crippen LogP contribution in [0.4, 0.5) is 0 Å². The van der Waals surface area contributed by atoms with Crippen molar-refractivity contribution in [2.24, 2.45) is 0 Å². The minimum atomic E-state index is -0.302.